The minimum Gasteiger partial charge on any atom is -0.469 e. The van der Waals surface area contributed by atoms with Gasteiger partial charge in [0, 0.05) is 25.3 Å². The standard InChI is InChI=1S/C25H27N5O5S2/c1-35-20(31)14-17-22(32)26-10-12-28(17)21-16(23(33)29-11-6-5-9-19(29)27-21)13-18-24(34)30(25(36)37-18)15-7-3-2-4-8-15/h5-6,9,11,13,15,17H,2-4,7-8,10,12,14H2,1H3,(H,26,32). The number of thiocarbonyl (C=S) groups is 1. The molecule has 1 saturated carbocycles. The summed E-state index contributed by atoms with van der Waals surface area (Å²) in [5, 5.41) is 2.76. The highest BCUT2D eigenvalue weighted by Crippen LogP contribution is 2.38. The van der Waals surface area contributed by atoms with Crippen LogP contribution in [0.1, 0.15) is 44.1 Å². The maximum Gasteiger partial charge on any atom is 0.308 e. The van der Waals surface area contributed by atoms with E-state index < -0.39 is 12.0 Å². The molecule has 1 N–H and O–H groups in total. The molecule has 5 rings (SSSR count). The van der Waals surface area contributed by atoms with E-state index >= 15 is 0 Å². The van der Waals surface area contributed by atoms with Crippen LogP contribution in [-0.4, -0.2) is 68.7 Å². The van der Waals surface area contributed by atoms with Crippen molar-refractivity contribution in [2.45, 2.75) is 50.6 Å². The number of carbonyl (C=O) groups is 3. The van der Waals surface area contributed by atoms with Crippen LogP contribution in [0.2, 0.25) is 0 Å². The number of pyridine rings is 1. The van der Waals surface area contributed by atoms with Crippen LogP contribution in [0.25, 0.3) is 11.7 Å². The van der Waals surface area contributed by atoms with Crippen LogP contribution >= 0.6 is 24.0 Å². The number of amides is 2. The van der Waals surface area contributed by atoms with Crippen LogP contribution < -0.4 is 15.8 Å². The van der Waals surface area contributed by atoms with E-state index in [0.29, 0.717) is 28.0 Å². The van der Waals surface area contributed by atoms with Gasteiger partial charge in [-0.15, -0.1) is 0 Å². The van der Waals surface area contributed by atoms with E-state index in [4.69, 9.17) is 21.9 Å². The highest BCUT2D eigenvalue weighted by molar-refractivity contribution is 8.26. The highest BCUT2D eigenvalue weighted by atomic mass is 32.2. The minimum atomic E-state index is -0.914. The zero-order chi connectivity index (χ0) is 26.1. The number of hydrogen-bond donors (Lipinski definition) is 1. The van der Waals surface area contributed by atoms with Gasteiger partial charge in [0.15, 0.2) is 0 Å². The molecule has 1 aliphatic carbocycles. The van der Waals surface area contributed by atoms with Crippen molar-refractivity contribution in [3.63, 3.8) is 0 Å². The van der Waals surface area contributed by atoms with E-state index in [-0.39, 0.29) is 41.2 Å². The molecule has 4 heterocycles. The second kappa shape index (κ2) is 10.6. The van der Waals surface area contributed by atoms with Crippen molar-refractivity contribution in [1.82, 2.24) is 19.6 Å². The molecule has 0 bridgehead atoms. The zero-order valence-electron chi connectivity index (χ0n) is 20.3. The Labute approximate surface area is 223 Å². The van der Waals surface area contributed by atoms with Gasteiger partial charge in [0.2, 0.25) is 5.91 Å². The summed E-state index contributed by atoms with van der Waals surface area (Å²) in [6.45, 7) is 0.641. The largest absolute Gasteiger partial charge is 0.469 e. The molecule has 194 valence electrons. The molecule has 0 aromatic carbocycles. The number of fused-ring (bicyclic) bond motifs is 1. The Hall–Kier alpha value is -3.25. The number of carbonyl (C=O) groups excluding carboxylic acids is 3. The lowest BCUT2D eigenvalue weighted by Gasteiger charge is -2.36. The fourth-order valence-electron chi connectivity index (χ4n) is 5.11. The van der Waals surface area contributed by atoms with Gasteiger partial charge in [0.1, 0.15) is 21.8 Å². The van der Waals surface area contributed by atoms with Crippen LogP contribution in [-0.2, 0) is 19.1 Å². The number of nitrogens with one attached hydrogen (secondary N) is 1. The van der Waals surface area contributed by atoms with Gasteiger partial charge < -0.3 is 15.0 Å². The van der Waals surface area contributed by atoms with Crippen molar-refractivity contribution in [2.24, 2.45) is 0 Å². The first-order valence-electron chi connectivity index (χ1n) is 12.3. The third-order valence-electron chi connectivity index (χ3n) is 6.98. The molecule has 12 heteroatoms. The SMILES string of the molecule is COC(=O)CC1C(=O)NCCN1c1nc2ccccn2c(=O)c1C=C1SC(=S)N(C2CCCCC2)C1=O. The first-order chi connectivity index (χ1) is 17.9. The van der Waals surface area contributed by atoms with Crippen molar-refractivity contribution >= 4 is 63.6 Å². The van der Waals surface area contributed by atoms with Gasteiger partial charge in [0.25, 0.3) is 11.5 Å². The van der Waals surface area contributed by atoms with Gasteiger partial charge in [-0.1, -0.05) is 49.3 Å². The molecule has 2 amide bonds. The Kier molecular flexibility index (Phi) is 7.29. The Bertz CT molecular complexity index is 1370. The lowest BCUT2D eigenvalue weighted by atomic mass is 9.94. The number of aromatic nitrogens is 2. The zero-order valence-corrected chi connectivity index (χ0v) is 22.0. The van der Waals surface area contributed by atoms with Crippen LogP contribution in [0.3, 0.4) is 0 Å². The molecule has 10 nitrogen and oxygen atoms in total. The number of nitrogens with zero attached hydrogens (tertiary/aromatic N) is 4. The van der Waals surface area contributed by atoms with Crippen LogP contribution in [0.15, 0.2) is 34.1 Å². The van der Waals surface area contributed by atoms with Gasteiger partial charge in [-0.2, -0.15) is 0 Å². The molecule has 2 aliphatic heterocycles. The number of thioether (sulfide) groups is 1. The Balaban J connectivity index is 1.61. The van der Waals surface area contributed by atoms with Crippen LogP contribution in [0.4, 0.5) is 5.82 Å². The monoisotopic (exact) mass is 541 g/mol. The Morgan fingerprint density at radius 2 is 2.03 bits per heavy atom. The van der Waals surface area contributed by atoms with Gasteiger partial charge >= 0.3 is 5.97 Å². The average molecular weight is 542 g/mol. The molecule has 2 saturated heterocycles. The highest BCUT2D eigenvalue weighted by Gasteiger charge is 2.39. The topological polar surface area (TPSA) is 113 Å². The molecule has 3 fully saturated rings. The third kappa shape index (κ3) is 4.87. The van der Waals surface area contributed by atoms with E-state index in [2.05, 4.69) is 5.32 Å². The van der Waals surface area contributed by atoms with Crippen LogP contribution in [0.5, 0.6) is 0 Å². The Morgan fingerprint density at radius 3 is 2.78 bits per heavy atom. The number of methoxy groups -OCH3 is 1. The van der Waals surface area contributed by atoms with Crippen molar-refractivity contribution in [1.29, 1.82) is 0 Å². The summed E-state index contributed by atoms with van der Waals surface area (Å²) >= 11 is 6.74. The minimum absolute atomic E-state index is 0.0673. The normalized spacial score (nSPS) is 22.1. The van der Waals surface area contributed by atoms with Crippen molar-refractivity contribution in [3.05, 3.63) is 45.2 Å². The predicted octanol–water partition coefficient (Wildman–Crippen LogP) is 2.10. The fourth-order valence-corrected chi connectivity index (χ4v) is 6.50. The molecule has 1 unspecified atom stereocenters. The van der Waals surface area contributed by atoms with Crippen LogP contribution in [0, 0.1) is 0 Å². The molecule has 1 atom stereocenters. The second-order valence-electron chi connectivity index (χ2n) is 9.21. The molecule has 0 spiro atoms. The first kappa shape index (κ1) is 25.4. The number of piperazine rings is 1. The van der Waals surface area contributed by atoms with E-state index in [1.165, 1.54) is 29.3 Å². The van der Waals surface area contributed by atoms with Gasteiger partial charge in [-0.05, 0) is 31.1 Å². The molecule has 3 aliphatic rings. The third-order valence-corrected chi connectivity index (χ3v) is 8.31. The number of esters is 1. The van der Waals surface area contributed by atoms with Gasteiger partial charge in [-0.3, -0.25) is 28.5 Å². The first-order valence-corrected chi connectivity index (χ1v) is 13.5. The summed E-state index contributed by atoms with van der Waals surface area (Å²) in [5.74, 6) is -0.892. The van der Waals surface area contributed by atoms with E-state index in [1.807, 2.05) is 0 Å². The smallest absolute Gasteiger partial charge is 0.308 e. The lowest BCUT2D eigenvalue weighted by Crippen LogP contribution is -2.57. The summed E-state index contributed by atoms with van der Waals surface area (Å²) in [7, 11) is 1.26. The summed E-state index contributed by atoms with van der Waals surface area (Å²) in [5.41, 5.74) is 0.168. The maximum atomic E-state index is 13.7. The van der Waals surface area contributed by atoms with Crippen molar-refractivity contribution in [3.8, 4) is 0 Å². The Morgan fingerprint density at radius 1 is 1.24 bits per heavy atom. The van der Waals surface area contributed by atoms with Gasteiger partial charge in [0.05, 0.1) is 24.0 Å². The maximum absolute atomic E-state index is 13.7. The molecular weight excluding hydrogens is 514 g/mol. The summed E-state index contributed by atoms with van der Waals surface area (Å²) in [4.78, 5) is 60.5. The molecule has 0 radical (unpaired) electrons. The predicted molar refractivity (Wildman–Crippen MR) is 144 cm³/mol. The number of rotatable bonds is 5. The number of ether oxygens (including phenoxy) is 1. The van der Waals surface area contributed by atoms with E-state index in [1.54, 1.807) is 34.2 Å². The fraction of sp³-hybridized carbons (Fsp3) is 0.440. The summed E-state index contributed by atoms with van der Waals surface area (Å²) < 4.78 is 6.69. The molecule has 2 aromatic rings. The number of anilines is 1. The number of hydrogen-bond acceptors (Lipinski definition) is 9. The van der Waals surface area contributed by atoms with Gasteiger partial charge in [-0.25, -0.2) is 4.98 Å². The quantitative estimate of drug-likeness (QED) is 0.345. The van der Waals surface area contributed by atoms with E-state index in [0.717, 1.165) is 32.1 Å². The second-order valence-corrected chi connectivity index (χ2v) is 10.9. The molecule has 2 aromatic heterocycles. The molecular formula is C25H27N5O5S2. The summed E-state index contributed by atoms with van der Waals surface area (Å²) in [6.07, 6.45) is 8.01. The summed E-state index contributed by atoms with van der Waals surface area (Å²) in [6, 6.07) is 4.32. The van der Waals surface area contributed by atoms with E-state index in [9.17, 15) is 19.2 Å². The molecule has 37 heavy (non-hydrogen) atoms. The van der Waals surface area contributed by atoms with Crippen molar-refractivity contribution < 1.29 is 19.1 Å². The average Bonchev–Trinajstić information content (AvgIpc) is 3.19. The van der Waals surface area contributed by atoms with Crippen molar-refractivity contribution in [2.75, 3.05) is 25.1 Å². The lowest BCUT2D eigenvalue weighted by molar-refractivity contribution is -0.143.